The molecular weight excluding hydrogens is 240 g/mol. The summed E-state index contributed by atoms with van der Waals surface area (Å²) in [6.45, 7) is 1.14. The third kappa shape index (κ3) is 3.55. The standard InChI is InChI=1S/C15H22N2O2/c1-19-11-13-6-4-12(5-7-13)10-17-14(18)15(16)8-2-3-9-15/h4-7H,2-3,8-11,16H2,1H3,(H,17,18). The summed E-state index contributed by atoms with van der Waals surface area (Å²) in [6, 6.07) is 8.04. The highest BCUT2D eigenvalue weighted by atomic mass is 16.5. The van der Waals surface area contributed by atoms with Gasteiger partial charge in [0.15, 0.2) is 0 Å². The first-order valence-electron chi connectivity index (χ1n) is 6.78. The van der Waals surface area contributed by atoms with Crippen LogP contribution in [0.3, 0.4) is 0 Å². The highest BCUT2D eigenvalue weighted by molar-refractivity contribution is 5.86. The van der Waals surface area contributed by atoms with Crippen molar-refractivity contribution in [1.82, 2.24) is 5.32 Å². The van der Waals surface area contributed by atoms with Gasteiger partial charge in [-0.3, -0.25) is 4.79 Å². The second-order valence-electron chi connectivity index (χ2n) is 5.30. The molecule has 4 heteroatoms. The van der Waals surface area contributed by atoms with Crippen LogP contribution in [0.25, 0.3) is 0 Å². The summed E-state index contributed by atoms with van der Waals surface area (Å²) in [5.41, 5.74) is 7.67. The van der Waals surface area contributed by atoms with Gasteiger partial charge in [0.2, 0.25) is 5.91 Å². The van der Waals surface area contributed by atoms with E-state index in [9.17, 15) is 4.79 Å². The molecule has 0 aliphatic heterocycles. The number of nitrogens with two attached hydrogens (primary N) is 1. The van der Waals surface area contributed by atoms with E-state index in [1.165, 1.54) is 0 Å². The highest BCUT2D eigenvalue weighted by Crippen LogP contribution is 2.27. The van der Waals surface area contributed by atoms with Crippen molar-refractivity contribution in [3.05, 3.63) is 35.4 Å². The summed E-state index contributed by atoms with van der Waals surface area (Å²) in [4.78, 5) is 12.1. The van der Waals surface area contributed by atoms with Gasteiger partial charge >= 0.3 is 0 Å². The fourth-order valence-electron chi connectivity index (χ4n) is 2.51. The quantitative estimate of drug-likeness (QED) is 0.849. The Morgan fingerprint density at radius 2 is 1.84 bits per heavy atom. The van der Waals surface area contributed by atoms with Gasteiger partial charge in [-0.25, -0.2) is 0 Å². The van der Waals surface area contributed by atoms with Crippen molar-refractivity contribution < 1.29 is 9.53 Å². The van der Waals surface area contributed by atoms with Crippen molar-refractivity contribution in [1.29, 1.82) is 0 Å². The second kappa shape index (κ2) is 6.17. The number of hydrogen-bond acceptors (Lipinski definition) is 3. The molecule has 0 heterocycles. The number of carbonyl (C=O) groups excluding carboxylic acids is 1. The van der Waals surface area contributed by atoms with Gasteiger partial charge in [0.1, 0.15) is 0 Å². The molecule has 0 bridgehead atoms. The Kier molecular flexibility index (Phi) is 4.56. The van der Waals surface area contributed by atoms with E-state index in [4.69, 9.17) is 10.5 Å². The van der Waals surface area contributed by atoms with Crippen molar-refractivity contribution >= 4 is 5.91 Å². The molecule has 1 aromatic rings. The normalized spacial score (nSPS) is 17.4. The zero-order valence-electron chi connectivity index (χ0n) is 11.4. The zero-order valence-corrected chi connectivity index (χ0v) is 11.4. The molecule has 1 saturated carbocycles. The van der Waals surface area contributed by atoms with Gasteiger partial charge in [-0.05, 0) is 24.0 Å². The van der Waals surface area contributed by atoms with Crippen molar-refractivity contribution in [3.63, 3.8) is 0 Å². The van der Waals surface area contributed by atoms with Gasteiger partial charge in [-0.2, -0.15) is 0 Å². The molecule has 0 aromatic heterocycles. The molecule has 104 valence electrons. The van der Waals surface area contributed by atoms with E-state index in [2.05, 4.69) is 5.32 Å². The molecule has 0 spiro atoms. The Bertz CT molecular complexity index is 422. The third-order valence-corrected chi connectivity index (χ3v) is 3.74. The van der Waals surface area contributed by atoms with Crippen molar-refractivity contribution in [2.45, 2.75) is 44.4 Å². The molecule has 4 nitrogen and oxygen atoms in total. The first kappa shape index (κ1) is 14.0. The average molecular weight is 262 g/mol. The zero-order chi connectivity index (χ0) is 13.7. The summed E-state index contributed by atoms with van der Waals surface area (Å²) < 4.78 is 5.06. The van der Waals surface area contributed by atoms with E-state index in [1.54, 1.807) is 7.11 Å². The van der Waals surface area contributed by atoms with Crippen molar-refractivity contribution in [2.75, 3.05) is 7.11 Å². The first-order valence-corrected chi connectivity index (χ1v) is 6.78. The van der Waals surface area contributed by atoms with Crippen LogP contribution in [-0.4, -0.2) is 18.6 Å². The van der Waals surface area contributed by atoms with E-state index in [0.29, 0.717) is 13.2 Å². The Morgan fingerprint density at radius 3 is 2.42 bits per heavy atom. The van der Waals surface area contributed by atoms with Crippen LogP contribution < -0.4 is 11.1 Å². The number of benzene rings is 1. The van der Waals surface area contributed by atoms with Crippen LogP contribution in [0.4, 0.5) is 0 Å². The Balaban J connectivity index is 1.86. The van der Waals surface area contributed by atoms with E-state index in [0.717, 1.165) is 36.8 Å². The number of carbonyl (C=O) groups is 1. The largest absolute Gasteiger partial charge is 0.380 e. The van der Waals surface area contributed by atoms with Crippen LogP contribution in [-0.2, 0) is 22.7 Å². The number of amides is 1. The molecule has 1 aliphatic carbocycles. The molecule has 0 saturated heterocycles. The lowest BCUT2D eigenvalue weighted by atomic mass is 9.98. The van der Waals surface area contributed by atoms with Gasteiger partial charge in [0.05, 0.1) is 12.1 Å². The number of rotatable bonds is 5. The third-order valence-electron chi connectivity index (χ3n) is 3.74. The molecule has 1 aliphatic rings. The summed E-state index contributed by atoms with van der Waals surface area (Å²) >= 11 is 0. The maximum atomic E-state index is 12.1. The lowest BCUT2D eigenvalue weighted by molar-refractivity contribution is -0.126. The number of ether oxygens (including phenoxy) is 1. The lowest BCUT2D eigenvalue weighted by Gasteiger charge is -2.22. The van der Waals surface area contributed by atoms with Crippen molar-refractivity contribution in [3.8, 4) is 0 Å². The maximum Gasteiger partial charge on any atom is 0.240 e. The van der Waals surface area contributed by atoms with Crippen LogP contribution >= 0.6 is 0 Å². The van der Waals surface area contributed by atoms with Crippen molar-refractivity contribution in [2.24, 2.45) is 5.73 Å². The maximum absolute atomic E-state index is 12.1. The Hall–Kier alpha value is -1.39. The molecule has 0 radical (unpaired) electrons. The van der Waals surface area contributed by atoms with Gasteiger partial charge in [0.25, 0.3) is 0 Å². The molecule has 19 heavy (non-hydrogen) atoms. The minimum Gasteiger partial charge on any atom is -0.380 e. The minimum atomic E-state index is -0.643. The molecule has 1 aromatic carbocycles. The molecule has 0 unspecified atom stereocenters. The molecule has 2 rings (SSSR count). The van der Waals surface area contributed by atoms with Crippen LogP contribution in [0.1, 0.15) is 36.8 Å². The van der Waals surface area contributed by atoms with Crippen LogP contribution in [0, 0.1) is 0 Å². The topological polar surface area (TPSA) is 64.3 Å². The van der Waals surface area contributed by atoms with E-state index >= 15 is 0 Å². The summed E-state index contributed by atoms with van der Waals surface area (Å²) in [5, 5.41) is 2.94. The lowest BCUT2D eigenvalue weighted by Crippen LogP contribution is -2.51. The summed E-state index contributed by atoms with van der Waals surface area (Å²) in [5.74, 6) is -0.0223. The Labute approximate surface area is 114 Å². The molecular formula is C15H22N2O2. The fraction of sp³-hybridized carbons (Fsp3) is 0.533. The van der Waals surface area contributed by atoms with Crippen LogP contribution in [0.2, 0.25) is 0 Å². The molecule has 1 amide bonds. The van der Waals surface area contributed by atoms with E-state index < -0.39 is 5.54 Å². The first-order chi connectivity index (χ1) is 9.14. The predicted octanol–water partition coefficient (Wildman–Crippen LogP) is 1.72. The summed E-state index contributed by atoms with van der Waals surface area (Å²) in [7, 11) is 1.68. The van der Waals surface area contributed by atoms with Crippen LogP contribution in [0.15, 0.2) is 24.3 Å². The van der Waals surface area contributed by atoms with Gasteiger partial charge in [-0.1, -0.05) is 37.1 Å². The fourth-order valence-corrected chi connectivity index (χ4v) is 2.51. The predicted molar refractivity (Wildman–Crippen MR) is 74.4 cm³/mol. The average Bonchev–Trinajstić information content (AvgIpc) is 2.86. The van der Waals surface area contributed by atoms with E-state index in [1.807, 2.05) is 24.3 Å². The smallest absolute Gasteiger partial charge is 0.240 e. The number of hydrogen-bond donors (Lipinski definition) is 2. The minimum absolute atomic E-state index is 0.0223. The monoisotopic (exact) mass is 262 g/mol. The Morgan fingerprint density at radius 1 is 1.26 bits per heavy atom. The highest BCUT2D eigenvalue weighted by Gasteiger charge is 2.36. The van der Waals surface area contributed by atoms with Crippen LogP contribution in [0.5, 0.6) is 0 Å². The van der Waals surface area contributed by atoms with Gasteiger partial charge in [0, 0.05) is 13.7 Å². The second-order valence-corrected chi connectivity index (χ2v) is 5.30. The van der Waals surface area contributed by atoms with E-state index in [-0.39, 0.29) is 5.91 Å². The van der Waals surface area contributed by atoms with Gasteiger partial charge < -0.3 is 15.8 Å². The molecule has 3 N–H and O–H groups in total. The summed E-state index contributed by atoms with van der Waals surface area (Å²) in [6.07, 6.45) is 3.70. The van der Waals surface area contributed by atoms with Gasteiger partial charge in [-0.15, -0.1) is 0 Å². The molecule has 0 atom stereocenters. The number of nitrogens with one attached hydrogen (secondary N) is 1. The molecule has 1 fully saturated rings. The number of methoxy groups -OCH3 is 1. The SMILES string of the molecule is COCc1ccc(CNC(=O)C2(N)CCCC2)cc1.